The van der Waals surface area contributed by atoms with Gasteiger partial charge in [0, 0.05) is 36.9 Å². The predicted octanol–water partition coefficient (Wildman–Crippen LogP) is 12.2. The lowest BCUT2D eigenvalue weighted by Crippen LogP contribution is -2.00. The summed E-state index contributed by atoms with van der Waals surface area (Å²) in [6.07, 6.45) is 0. The zero-order chi connectivity index (χ0) is 45.6. The van der Waals surface area contributed by atoms with Gasteiger partial charge in [-0.3, -0.25) is 0 Å². The van der Waals surface area contributed by atoms with Gasteiger partial charge in [0.15, 0.2) is 17.5 Å². The number of aromatic nitrogens is 3. The van der Waals surface area contributed by atoms with Gasteiger partial charge in [0.25, 0.3) is 0 Å². The molecule has 0 atom stereocenters. The molecule has 2 aromatic heterocycles. The standard InChI is InChI=1S/C45H29N3S/c1-3-11-30(12-4-1)31-21-25-34(26-22-31)44-46-43(33-13-5-2-6-14-33)47-45(48-44)35-27-23-32(24-28-35)36-15-9-16-37(29-36)38-18-10-20-41-42(38)39-17-7-8-19-40(39)49-41/h1-29H/i7D,8D,9D,10D,15D,16D,17D,18D,19D,20D,23D,24D,27D,28D,29D. The Bertz CT molecular complexity index is 3410. The fourth-order valence-electron chi connectivity index (χ4n) is 5.47. The van der Waals surface area contributed by atoms with Crippen LogP contribution < -0.4 is 0 Å². The Labute approximate surface area is 310 Å². The lowest BCUT2D eigenvalue weighted by molar-refractivity contribution is 1.07. The molecule has 49 heavy (non-hydrogen) atoms. The maximum Gasteiger partial charge on any atom is 0.164 e. The van der Waals surface area contributed by atoms with Crippen molar-refractivity contribution in [3.8, 4) is 67.5 Å². The summed E-state index contributed by atoms with van der Waals surface area (Å²) in [5.74, 6) is 0.159. The number of hydrogen-bond donors (Lipinski definition) is 0. The molecule has 0 spiro atoms. The normalized spacial score (nSPS) is 15.6. The van der Waals surface area contributed by atoms with E-state index in [0.29, 0.717) is 11.1 Å². The van der Waals surface area contributed by atoms with Crippen LogP contribution in [0.15, 0.2) is 176 Å². The Balaban J connectivity index is 1.28. The SMILES string of the molecule is [2H]c1c([2H])c(-c2c([2H])c([2H])c(-c3nc(-c4ccccc4)nc(-c4ccc(-c5ccccc5)cc4)n3)c([2H])c2[2H])c([2H])c(-c2c([2H])c([2H])c([2H])c3sc4c([2H])c([2H])c([2H])c([2H])c4c23)c1[2H]. The molecule has 230 valence electrons. The third-order valence-electron chi connectivity index (χ3n) is 7.84. The molecule has 0 saturated carbocycles. The second kappa shape index (κ2) is 12.4. The van der Waals surface area contributed by atoms with Gasteiger partial charge in [0.1, 0.15) is 0 Å². The van der Waals surface area contributed by atoms with Gasteiger partial charge in [0.2, 0.25) is 0 Å². The molecule has 0 radical (unpaired) electrons. The molecule has 0 saturated heterocycles. The molecule has 0 aliphatic heterocycles. The van der Waals surface area contributed by atoms with Crippen LogP contribution in [0.25, 0.3) is 87.7 Å². The number of thiophene rings is 1. The van der Waals surface area contributed by atoms with Crippen LogP contribution in [0.5, 0.6) is 0 Å². The first kappa shape index (κ1) is 17.3. The van der Waals surface area contributed by atoms with Crippen LogP contribution in [0.3, 0.4) is 0 Å². The second-order valence-corrected chi connectivity index (χ2v) is 11.9. The maximum atomic E-state index is 9.51. The van der Waals surface area contributed by atoms with E-state index >= 15 is 0 Å². The fraction of sp³-hybridized carbons (Fsp3) is 0. The largest absolute Gasteiger partial charge is 0.208 e. The summed E-state index contributed by atoms with van der Waals surface area (Å²) >= 11 is 0.776. The van der Waals surface area contributed by atoms with E-state index in [4.69, 9.17) is 18.7 Å². The Kier molecular flexibility index (Phi) is 4.37. The van der Waals surface area contributed by atoms with Crippen molar-refractivity contribution in [2.45, 2.75) is 0 Å². The van der Waals surface area contributed by atoms with Crippen LogP contribution in [-0.2, 0) is 0 Å². The third-order valence-corrected chi connectivity index (χ3v) is 8.86. The number of nitrogens with zero attached hydrogens (tertiary/aromatic N) is 3. The topological polar surface area (TPSA) is 38.7 Å². The molecule has 0 bridgehead atoms. The maximum absolute atomic E-state index is 9.51. The number of hydrogen-bond acceptors (Lipinski definition) is 4. The molecule has 9 aromatic rings. The average molecular weight is 659 g/mol. The van der Waals surface area contributed by atoms with E-state index in [0.717, 1.165) is 22.5 Å². The molecule has 4 heteroatoms. The van der Waals surface area contributed by atoms with E-state index in [9.17, 15) is 6.85 Å². The molecular formula is C45H29N3S. The van der Waals surface area contributed by atoms with E-state index in [2.05, 4.69) is 9.97 Å². The summed E-state index contributed by atoms with van der Waals surface area (Å²) < 4.78 is 134. The highest BCUT2D eigenvalue weighted by atomic mass is 32.1. The first-order valence-corrected chi connectivity index (χ1v) is 16.0. The molecule has 0 aliphatic carbocycles. The number of rotatable bonds is 6. The molecule has 2 heterocycles. The van der Waals surface area contributed by atoms with Crippen molar-refractivity contribution in [1.29, 1.82) is 0 Å². The van der Waals surface area contributed by atoms with Crippen molar-refractivity contribution in [3.63, 3.8) is 0 Å². The summed E-state index contributed by atoms with van der Waals surface area (Å²) in [6, 6.07) is 16.2. The van der Waals surface area contributed by atoms with Crippen molar-refractivity contribution >= 4 is 31.5 Å². The molecule has 3 nitrogen and oxygen atoms in total. The van der Waals surface area contributed by atoms with Gasteiger partial charge in [-0.05, 0) is 51.5 Å². The summed E-state index contributed by atoms with van der Waals surface area (Å²) in [4.78, 5) is 14.0. The van der Waals surface area contributed by atoms with Crippen LogP contribution >= 0.6 is 11.3 Å². The van der Waals surface area contributed by atoms with E-state index in [1.54, 1.807) is 24.3 Å². The zero-order valence-corrected chi connectivity index (χ0v) is 26.1. The highest BCUT2D eigenvalue weighted by Gasteiger charge is 2.14. The molecule has 0 amide bonds. The quantitative estimate of drug-likeness (QED) is 0.178. The second-order valence-electron chi connectivity index (χ2n) is 10.9. The summed E-state index contributed by atoms with van der Waals surface area (Å²) in [5, 5.41) is -0.260. The summed E-state index contributed by atoms with van der Waals surface area (Å²) in [5.41, 5.74) is 0.690. The lowest BCUT2D eigenvalue weighted by atomic mass is 9.95. The van der Waals surface area contributed by atoms with Gasteiger partial charge >= 0.3 is 0 Å². The van der Waals surface area contributed by atoms with E-state index in [-0.39, 0.29) is 48.8 Å². The van der Waals surface area contributed by atoms with Crippen LogP contribution in [-0.4, -0.2) is 15.0 Å². The lowest BCUT2D eigenvalue weighted by Gasteiger charge is -2.10. The molecule has 0 N–H and O–H groups in total. The highest BCUT2D eigenvalue weighted by molar-refractivity contribution is 7.25. The Morgan fingerprint density at radius 2 is 0.918 bits per heavy atom. The molecule has 9 rings (SSSR count). The van der Waals surface area contributed by atoms with Gasteiger partial charge < -0.3 is 0 Å². The molecular weight excluding hydrogens is 615 g/mol. The van der Waals surface area contributed by atoms with Crippen molar-refractivity contribution in [1.82, 2.24) is 15.0 Å². The predicted molar refractivity (Wildman–Crippen MR) is 205 cm³/mol. The van der Waals surface area contributed by atoms with E-state index in [1.165, 1.54) is 0 Å². The number of fused-ring (bicyclic) bond motifs is 3. The monoisotopic (exact) mass is 658 g/mol. The molecule has 0 unspecified atom stereocenters. The van der Waals surface area contributed by atoms with E-state index < -0.39 is 107 Å². The minimum atomic E-state index is -0.815. The number of benzene rings is 7. The average Bonchev–Trinajstić information content (AvgIpc) is 3.71. The minimum absolute atomic E-state index is 0.00136. The van der Waals surface area contributed by atoms with Crippen LogP contribution in [0.1, 0.15) is 20.6 Å². The van der Waals surface area contributed by atoms with Crippen LogP contribution in [0, 0.1) is 0 Å². The Morgan fingerprint density at radius 3 is 1.65 bits per heavy atom. The molecule has 0 aliphatic rings. The van der Waals surface area contributed by atoms with E-state index in [1.807, 2.05) is 60.7 Å². The highest BCUT2D eigenvalue weighted by Crippen LogP contribution is 2.40. The summed E-state index contributed by atoms with van der Waals surface area (Å²) in [6.45, 7) is 0. The van der Waals surface area contributed by atoms with Crippen molar-refractivity contribution in [3.05, 3.63) is 176 Å². The van der Waals surface area contributed by atoms with Crippen molar-refractivity contribution in [2.75, 3.05) is 0 Å². The third kappa shape index (κ3) is 5.58. The summed E-state index contributed by atoms with van der Waals surface area (Å²) in [7, 11) is 0. The van der Waals surface area contributed by atoms with Crippen LogP contribution in [0.4, 0.5) is 0 Å². The van der Waals surface area contributed by atoms with Gasteiger partial charge in [-0.2, -0.15) is 0 Å². The molecule has 7 aromatic carbocycles. The smallest absolute Gasteiger partial charge is 0.164 e. The van der Waals surface area contributed by atoms with Gasteiger partial charge in [-0.1, -0.05) is 157 Å². The van der Waals surface area contributed by atoms with Crippen molar-refractivity contribution in [2.24, 2.45) is 0 Å². The van der Waals surface area contributed by atoms with Gasteiger partial charge in [0.05, 0.1) is 20.6 Å². The van der Waals surface area contributed by atoms with Gasteiger partial charge in [-0.25, -0.2) is 15.0 Å². The van der Waals surface area contributed by atoms with Crippen molar-refractivity contribution < 1.29 is 20.6 Å². The first-order valence-electron chi connectivity index (χ1n) is 22.6. The fourth-order valence-corrected chi connectivity index (χ4v) is 6.44. The first-order chi connectivity index (χ1) is 30.5. The molecule has 0 fully saturated rings. The Morgan fingerprint density at radius 1 is 0.388 bits per heavy atom. The minimum Gasteiger partial charge on any atom is -0.208 e. The Hall–Kier alpha value is -6.23. The van der Waals surface area contributed by atoms with Crippen LogP contribution in [0.2, 0.25) is 0 Å². The zero-order valence-electron chi connectivity index (χ0n) is 40.3. The van der Waals surface area contributed by atoms with Gasteiger partial charge in [-0.15, -0.1) is 11.3 Å².